The summed E-state index contributed by atoms with van der Waals surface area (Å²) >= 11 is 5.99. The Hall–Kier alpha value is -1.13. The third-order valence-electron chi connectivity index (χ3n) is 1.87. The number of imidazole rings is 1. The molecule has 0 amide bonds. The molecule has 0 saturated carbocycles. The number of halogens is 1. The van der Waals surface area contributed by atoms with Gasteiger partial charge in [0, 0.05) is 24.5 Å². The third-order valence-corrected chi connectivity index (χ3v) is 2.33. The zero-order valence-corrected chi connectivity index (χ0v) is 7.91. The average molecular weight is 197 g/mol. The summed E-state index contributed by atoms with van der Waals surface area (Å²) in [5.74, 6) is 0.611. The number of fused-ring (bicyclic) bond motifs is 1. The van der Waals surface area contributed by atoms with Crippen LogP contribution in [0.5, 0.6) is 0 Å². The van der Waals surface area contributed by atoms with Crippen molar-refractivity contribution in [2.75, 3.05) is 0 Å². The fourth-order valence-electron chi connectivity index (χ4n) is 1.16. The normalized spacial score (nSPS) is 11.0. The molecule has 0 bridgehead atoms. The van der Waals surface area contributed by atoms with E-state index in [0.29, 0.717) is 17.5 Å². The fraction of sp³-hybridized carbons (Fsp3) is 0.250. The molecule has 0 fully saturated rings. The summed E-state index contributed by atoms with van der Waals surface area (Å²) in [5.41, 5.74) is 7.20. The van der Waals surface area contributed by atoms with Gasteiger partial charge in [0.25, 0.3) is 0 Å². The Labute approximate surface area is 80.4 Å². The molecule has 2 rings (SSSR count). The smallest absolute Gasteiger partial charge is 0.235 e. The Balaban J connectivity index is 2.75. The minimum atomic E-state index is 0.455. The molecule has 0 unspecified atom stereocenters. The van der Waals surface area contributed by atoms with Gasteiger partial charge in [-0.3, -0.25) is 4.40 Å². The number of rotatable bonds is 1. The van der Waals surface area contributed by atoms with Crippen LogP contribution in [0.4, 0.5) is 0 Å². The van der Waals surface area contributed by atoms with E-state index in [2.05, 4.69) is 9.97 Å². The summed E-state index contributed by atoms with van der Waals surface area (Å²) in [6.45, 7) is 2.30. The van der Waals surface area contributed by atoms with Gasteiger partial charge >= 0.3 is 0 Å². The van der Waals surface area contributed by atoms with E-state index in [9.17, 15) is 0 Å². The van der Waals surface area contributed by atoms with Crippen molar-refractivity contribution in [3.8, 4) is 0 Å². The van der Waals surface area contributed by atoms with Crippen molar-refractivity contribution < 1.29 is 0 Å². The van der Waals surface area contributed by atoms with E-state index in [1.54, 1.807) is 10.6 Å². The quantitative estimate of drug-likeness (QED) is 0.745. The van der Waals surface area contributed by atoms with Gasteiger partial charge in [-0.1, -0.05) is 11.6 Å². The second-order valence-corrected chi connectivity index (χ2v) is 3.18. The summed E-state index contributed by atoms with van der Waals surface area (Å²) in [6.07, 6.45) is 3.56. The van der Waals surface area contributed by atoms with E-state index < -0.39 is 0 Å². The van der Waals surface area contributed by atoms with Crippen molar-refractivity contribution in [2.45, 2.75) is 13.5 Å². The van der Waals surface area contributed by atoms with Crippen LogP contribution in [0, 0.1) is 6.92 Å². The van der Waals surface area contributed by atoms with Crippen LogP contribution in [-0.4, -0.2) is 14.4 Å². The fourth-order valence-corrected chi connectivity index (χ4v) is 1.33. The predicted octanol–water partition coefficient (Wildman–Crippen LogP) is 1.15. The van der Waals surface area contributed by atoms with Crippen LogP contribution in [0.2, 0.25) is 5.15 Å². The first-order valence-electron chi connectivity index (χ1n) is 3.91. The number of hydrogen-bond donors (Lipinski definition) is 1. The number of aromatic nitrogens is 3. The van der Waals surface area contributed by atoms with Gasteiger partial charge in [0.2, 0.25) is 5.78 Å². The Morgan fingerprint density at radius 3 is 3.08 bits per heavy atom. The topological polar surface area (TPSA) is 56.2 Å². The molecule has 2 heterocycles. The molecule has 4 nitrogen and oxygen atoms in total. The molecule has 0 spiro atoms. The molecule has 0 aliphatic carbocycles. The third kappa shape index (κ3) is 1.28. The van der Waals surface area contributed by atoms with Crippen LogP contribution < -0.4 is 5.73 Å². The van der Waals surface area contributed by atoms with Crippen molar-refractivity contribution in [2.24, 2.45) is 5.73 Å². The van der Waals surface area contributed by atoms with Crippen molar-refractivity contribution in [3.63, 3.8) is 0 Å². The van der Waals surface area contributed by atoms with Crippen molar-refractivity contribution in [1.29, 1.82) is 0 Å². The average Bonchev–Trinajstić information content (AvgIpc) is 2.43. The van der Waals surface area contributed by atoms with Gasteiger partial charge in [0.15, 0.2) is 0 Å². The first-order valence-corrected chi connectivity index (χ1v) is 4.29. The summed E-state index contributed by atoms with van der Waals surface area (Å²) in [7, 11) is 0. The largest absolute Gasteiger partial charge is 0.326 e. The highest BCUT2D eigenvalue weighted by Crippen LogP contribution is 2.16. The maximum absolute atomic E-state index is 5.99. The minimum absolute atomic E-state index is 0.455. The second kappa shape index (κ2) is 2.97. The highest BCUT2D eigenvalue weighted by molar-refractivity contribution is 6.30. The first kappa shape index (κ1) is 8.47. The first-order chi connectivity index (χ1) is 6.22. The number of nitrogens with two attached hydrogens (primary N) is 1. The molecule has 68 valence electrons. The van der Waals surface area contributed by atoms with E-state index >= 15 is 0 Å². The van der Waals surface area contributed by atoms with Gasteiger partial charge < -0.3 is 5.73 Å². The lowest BCUT2D eigenvalue weighted by atomic mass is 10.3. The van der Waals surface area contributed by atoms with Crippen LogP contribution in [0.15, 0.2) is 12.4 Å². The number of nitrogens with zero attached hydrogens (tertiary/aromatic N) is 3. The summed E-state index contributed by atoms with van der Waals surface area (Å²) < 4.78 is 1.74. The molecule has 0 aromatic carbocycles. The highest BCUT2D eigenvalue weighted by Gasteiger charge is 2.06. The maximum atomic E-state index is 5.99. The van der Waals surface area contributed by atoms with Crippen LogP contribution in [0.3, 0.4) is 0 Å². The van der Waals surface area contributed by atoms with Crippen LogP contribution >= 0.6 is 11.6 Å². The molecule has 0 atom stereocenters. The van der Waals surface area contributed by atoms with E-state index in [-0.39, 0.29) is 0 Å². The SMILES string of the molecule is Cc1nc2ncc(CN)cn2c1Cl. The molecular weight excluding hydrogens is 188 g/mol. The lowest BCUT2D eigenvalue weighted by Gasteiger charge is -1.97. The summed E-state index contributed by atoms with van der Waals surface area (Å²) in [4.78, 5) is 8.29. The van der Waals surface area contributed by atoms with Crippen LogP contribution in [0.1, 0.15) is 11.3 Å². The van der Waals surface area contributed by atoms with Gasteiger partial charge in [0.1, 0.15) is 5.15 Å². The minimum Gasteiger partial charge on any atom is -0.326 e. The Kier molecular flexibility index (Phi) is 1.94. The van der Waals surface area contributed by atoms with Crippen LogP contribution in [-0.2, 0) is 6.54 Å². The van der Waals surface area contributed by atoms with Crippen molar-refractivity contribution in [3.05, 3.63) is 28.8 Å². The molecule has 2 aromatic rings. The molecule has 0 saturated heterocycles. The van der Waals surface area contributed by atoms with Gasteiger partial charge in [-0.2, -0.15) is 0 Å². The zero-order valence-electron chi connectivity index (χ0n) is 7.16. The van der Waals surface area contributed by atoms with Gasteiger partial charge in [-0.15, -0.1) is 0 Å². The van der Waals surface area contributed by atoms with E-state index in [4.69, 9.17) is 17.3 Å². The predicted molar refractivity (Wildman–Crippen MR) is 50.6 cm³/mol. The monoisotopic (exact) mass is 196 g/mol. The number of aryl methyl sites for hydroxylation is 1. The van der Waals surface area contributed by atoms with Crippen molar-refractivity contribution in [1.82, 2.24) is 14.4 Å². The van der Waals surface area contributed by atoms with Crippen molar-refractivity contribution >= 4 is 17.4 Å². The van der Waals surface area contributed by atoms with E-state index in [1.807, 2.05) is 13.1 Å². The van der Waals surface area contributed by atoms with Gasteiger partial charge in [0.05, 0.1) is 5.69 Å². The van der Waals surface area contributed by atoms with E-state index in [1.165, 1.54) is 0 Å². The number of hydrogen-bond acceptors (Lipinski definition) is 3. The molecule has 2 N–H and O–H groups in total. The summed E-state index contributed by atoms with van der Waals surface area (Å²) in [6, 6.07) is 0. The second-order valence-electron chi connectivity index (χ2n) is 2.82. The van der Waals surface area contributed by atoms with Gasteiger partial charge in [-0.25, -0.2) is 9.97 Å². The van der Waals surface area contributed by atoms with E-state index in [0.717, 1.165) is 11.3 Å². The van der Waals surface area contributed by atoms with Gasteiger partial charge in [-0.05, 0) is 6.92 Å². The Morgan fingerprint density at radius 1 is 1.62 bits per heavy atom. The Morgan fingerprint density at radius 2 is 2.38 bits per heavy atom. The lowest BCUT2D eigenvalue weighted by molar-refractivity contribution is 0.990. The molecule has 2 aromatic heterocycles. The molecule has 0 aliphatic heterocycles. The molecule has 5 heteroatoms. The standard InChI is InChI=1S/C8H9ClN4/c1-5-7(9)13-4-6(2-10)3-11-8(13)12-5/h3-4H,2,10H2,1H3. The lowest BCUT2D eigenvalue weighted by Crippen LogP contribution is -1.99. The molecular formula is C8H9ClN4. The molecule has 13 heavy (non-hydrogen) atoms. The zero-order chi connectivity index (χ0) is 9.42. The Bertz CT molecular complexity index is 449. The molecule has 0 aliphatic rings. The molecule has 0 radical (unpaired) electrons. The summed E-state index contributed by atoms with van der Waals surface area (Å²) in [5, 5.41) is 0.595. The maximum Gasteiger partial charge on any atom is 0.235 e. The highest BCUT2D eigenvalue weighted by atomic mass is 35.5. The van der Waals surface area contributed by atoms with Crippen LogP contribution in [0.25, 0.3) is 5.78 Å².